The summed E-state index contributed by atoms with van der Waals surface area (Å²) in [6, 6.07) is 17.3. The number of nitrogens with zero attached hydrogens (tertiary/aromatic N) is 3. The summed E-state index contributed by atoms with van der Waals surface area (Å²) in [6.45, 7) is 1.09. The standard InChI is InChI=1S/C28H29N7O7S/c36-26(29-17-25(27(37)38)33-43(41,42)22-11-9-21(10-12-22)35(39)40)18-5-7-20(8-6-18)34-15-13-19(14-16-34)30-28-31-23-3-1-2-4-24(23)32-28/h1-12,19,25,33H,13-17H2,(H,29,36)(H,37,38)(H2,30,31,32). The van der Waals surface area contributed by atoms with Crippen molar-refractivity contribution in [2.24, 2.45) is 0 Å². The molecule has 14 nitrogen and oxygen atoms in total. The third kappa shape index (κ3) is 7.07. The molecule has 1 saturated heterocycles. The fraction of sp³-hybridized carbons (Fsp3) is 0.250. The van der Waals surface area contributed by atoms with Gasteiger partial charge in [-0.2, -0.15) is 4.72 Å². The summed E-state index contributed by atoms with van der Waals surface area (Å²) in [5.41, 5.74) is 2.81. The third-order valence-corrected chi connectivity index (χ3v) is 8.63. The maximum Gasteiger partial charge on any atom is 0.323 e. The van der Waals surface area contributed by atoms with Crippen molar-refractivity contribution in [3.63, 3.8) is 0 Å². The number of carbonyl (C=O) groups is 2. The lowest BCUT2D eigenvalue weighted by atomic mass is 10.0. The Morgan fingerprint density at radius 3 is 2.35 bits per heavy atom. The van der Waals surface area contributed by atoms with E-state index in [1.165, 1.54) is 0 Å². The van der Waals surface area contributed by atoms with Gasteiger partial charge in [-0.3, -0.25) is 19.7 Å². The van der Waals surface area contributed by atoms with Crippen LogP contribution in [0.1, 0.15) is 23.2 Å². The summed E-state index contributed by atoms with van der Waals surface area (Å²) in [5, 5.41) is 26.2. The van der Waals surface area contributed by atoms with Crippen LogP contribution in [0.25, 0.3) is 11.0 Å². The number of nitro groups is 1. The Kier molecular flexibility index (Phi) is 8.54. The van der Waals surface area contributed by atoms with E-state index in [0.717, 1.165) is 72.9 Å². The summed E-state index contributed by atoms with van der Waals surface area (Å²) in [7, 11) is -4.33. The number of aromatic amines is 1. The van der Waals surface area contributed by atoms with Gasteiger partial charge in [0.05, 0.1) is 20.9 Å². The van der Waals surface area contributed by atoms with E-state index in [2.05, 4.69) is 25.5 Å². The van der Waals surface area contributed by atoms with Crippen LogP contribution in [0.3, 0.4) is 0 Å². The summed E-state index contributed by atoms with van der Waals surface area (Å²) >= 11 is 0. The number of non-ortho nitro benzene ring substituents is 1. The van der Waals surface area contributed by atoms with Crippen LogP contribution in [0.2, 0.25) is 0 Å². The van der Waals surface area contributed by atoms with E-state index >= 15 is 0 Å². The Morgan fingerprint density at radius 1 is 1.05 bits per heavy atom. The van der Waals surface area contributed by atoms with Crippen LogP contribution in [0.4, 0.5) is 17.3 Å². The number of carboxylic acids is 1. The number of aliphatic carboxylic acids is 1. The van der Waals surface area contributed by atoms with E-state index in [1.54, 1.807) is 12.1 Å². The lowest BCUT2D eigenvalue weighted by molar-refractivity contribution is -0.384. The van der Waals surface area contributed by atoms with Crippen molar-refractivity contribution in [1.82, 2.24) is 20.0 Å². The van der Waals surface area contributed by atoms with Gasteiger partial charge in [-0.25, -0.2) is 13.4 Å². The number of hydrogen-bond acceptors (Lipinski definition) is 9. The predicted octanol–water partition coefficient (Wildman–Crippen LogP) is 2.71. The molecule has 0 spiro atoms. The Bertz CT molecular complexity index is 1700. The van der Waals surface area contributed by atoms with Gasteiger partial charge in [0.2, 0.25) is 16.0 Å². The van der Waals surface area contributed by atoms with Crippen molar-refractivity contribution >= 4 is 50.3 Å². The number of sulfonamides is 1. The minimum absolute atomic E-state index is 0.266. The van der Waals surface area contributed by atoms with E-state index in [0.29, 0.717) is 0 Å². The van der Waals surface area contributed by atoms with E-state index in [4.69, 9.17) is 0 Å². The van der Waals surface area contributed by atoms with Crippen LogP contribution in [0.5, 0.6) is 0 Å². The molecule has 15 heteroatoms. The molecular formula is C28H29N7O7S. The number of nitro benzene ring substituents is 1. The summed E-state index contributed by atoms with van der Waals surface area (Å²) < 4.78 is 27.2. The topological polar surface area (TPSA) is 200 Å². The fourth-order valence-electron chi connectivity index (χ4n) is 4.80. The minimum Gasteiger partial charge on any atom is -0.480 e. The summed E-state index contributed by atoms with van der Waals surface area (Å²) in [6.07, 6.45) is 1.79. The molecule has 1 unspecified atom stereocenters. The number of H-pyrrole nitrogens is 1. The lowest BCUT2D eigenvalue weighted by Gasteiger charge is -2.34. The van der Waals surface area contributed by atoms with Crippen LogP contribution in [0, 0.1) is 10.1 Å². The van der Waals surface area contributed by atoms with Gasteiger partial charge in [0.1, 0.15) is 6.04 Å². The first kappa shape index (κ1) is 29.5. The SMILES string of the molecule is O=C(NCC(NS(=O)(=O)c1ccc([N+](=O)[O-])cc1)C(=O)O)c1ccc(N2CCC(Nc3nc4ccccc4[nH]3)CC2)cc1. The molecule has 1 atom stereocenters. The van der Waals surface area contributed by atoms with Crippen molar-refractivity contribution in [2.75, 3.05) is 29.9 Å². The second-order valence-corrected chi connectivity index (χ2v) is 11.7. The monoisotopic (exact) mass is 607 g/mol. The Labute approximate surface area is 246 Å². The van der Waals surface area contributed by atoms with Gasteiger partial charge in [-0.1, -0.05) is 12.1 Å². The number of para-hydroxylation sites is 2. The van der Waals surface area contributed by atoms with Gasteiger partial charge < -0.3 is 25.6 Å². The van der Waals surface area contributed by atoms with Crippen LogP contribution >= 0.6 is 0 Å². The number of hydrogen-bond donors (Lipinski definition) is 5. The first-order valence-corrected chi connectivity index (χ1v) is 14.9. The zero-order chi connectivity index (χ0) is 30.6. The predicted molar refractivity (Wildman–Crippen MR) is 159 cm³/mol. The van der Waals surface area contributed by atoms with Crippen LogP contribution < -0.4 is 20.3 Å². The second-order valence-electron chi connectivity index (χ2n) is 10.0. The van der Waals surface area contributed by atoms with Gasteiger partial charge in [0.15, 0.2) is 0 Å². The zero-order valence-corrected chi connectivity index (χ0v) is 23.6. The van der Waals surface area contributed by atoms with Crippen molar-refractivity contribution in [3.8, 4) is 0 Å². The van der Waals surface area contributed by atoms with Crippen LogP contribution in [-0.4, -0.2) is 72.0 Å². The average Bonchev–Trinajstić information content (AvgIpc) is 3.42. The van der Waals surface area contributed by atoms with Crippen LogP contribution in [0.15, 0.2) is 77.7 Å². The fourth-order valence-corrected chi connectivity index (χ4v) is 5.99. The van der Waals surface area contributed by atoms with Crippen molar-refractivity contribution in [1.29, 1.82) is 0 Å². The maximum absolute atomic E-state index is 12.7. The number of amides is 1. The van der Waals surface area contributed by atoms with Crippen LogP contribution in [-0.2, 0) is 14.8 Å². The molecule has 0 aliphatic carbocycles. The number of fused-ring (bicyclic) bond motifs is 1. The molecule has 3 aromatic carbocycles. The Morgan fingerprint density at radius 2 is 1.72 bits per heavy atom. The molecule has 1 aliphatic rings. The van der Waals surface area contributed by atoms with E-state index in [1.807, 2.05) is 41.1 Å². The highest BCUT2D eigenvalue weighted by atomic mass is 32.2. The molecule has 1 amide bonds. The molecule has 5 rings (SSSR count). The number of anilines is 2. The van der Waals surface area contributed by atoms with Crippen molar-refractivity contribution in [3.05, 3.63) is 88.5 Å². The number of aromatic nitrogens is 2. The first-order chi connectivity index (χ1) is 20.6. The molecule has 2 heterocycles. The smallest absolute Gasteiger partial charge is 0.323 e. The maximum atomic E-state index is 12.7. The second kappa shape index (κ2) is 12.5. The molecule has 1 aromatic heterocycles. The Hall–Kier alpha value is -5.02. The summed E-state index contributed by atoms with van der Waals surface area (Å²) in [5.74, 6) is -1.32. The van der Waals surface area contributed by atoms with E-state index in [-0.39, 0.29) is 22.2 Å². The number of imidazole rings is 1. The largest absolute Gasteiger partial charge is 0.480 e. The number of benzene rings is 3. The molecule has 43 heavy (non-hydrogen) atoms. The van der Waals surface area contributed by atoms with E-state index in [9.17, 15) is 33.2 Å². The molecule has 1 aliphatic heterocycles. The van der Waals surface area contributed by atoms with Crippen molar-refractivity contribution in [2.45, 2.75) is 29.8 Å². The van der Waals surface area contributed by atoms with E-state index < -0.39 is 39.4 Å². The third-order valence-electron chi connectivity index (χ3n) is 7.14. The highest BCUT2D eigenvalue weighted by Crippen LogP contribution is 2.23. The van der Waals surface area contributed by atoms with Gasteiger partial charge >= 0.3 is 5.97 Å². The van der Waals surface area contributed by atoms with Gasteiger partial charge in [0.25, 0.3) is 11.6 Å². The van der Waals surface area contributed by atoms with Crippen molar-refractivity contribution < 1.29 is 28.0 Å². The van der Waals surface area contributed by atoms with Gasteiger partial charge in [0, 0.05) is 49.1 Å². The molecule has 1 fully saturated rings. The molecule has 5 N–H and O–H groups in total. The normalized spacial score (nSPS) is 14.7. The highest BCUT2D eigenvalue weighted by molar-refractivity contribution is 7.89. The first-order valence-electron chi connectivity index (χ1n) is 13.4. The molecule has 0 bridgehead atoms. The number of piperidine rings is 1. The molecule has 0 saturated carbocycles. The summed E-state index contributed by atoms with van der Waals surface area (Å²) in [4.78, 5) is 44.3. The van der Waals surface area contributed by atoms with Gasteiger partial charge in [-0.05, 0) is 61.4 Å². The Balaban J connectivity index is 1.12. The molecule has 224 valence electrons. The zero-order valence-electron chi connectivity index (χ0n) is 22.8. The molecular weight excluding hydrogens is 578 g/mol. The molecule has 4 aromatic rings. The quantitative estimate of drug-likeness (QED) is 0.125. The number of carboxylic acid groups (broad SMARTS) is 1. The number of carbonyl (C=O) groups excluding carboxylic acids is 1. The lowest BCUT2D eigenvalue weighted by Crippen LogP contribution is -2.48. The number of nitrogens with one attached hydrogen (secondary N) is 4. The molecule has 0 radical (unpaired) electrons. The number of rotatable bonds is 11. The van der Waals surface area contributed by atoms with Gasteiger partial charge in [-0.15, -0.1) is 0 Å². The highest BCUT2D eigenvalue weighted by Gasteiger charge is 2.27. The average molecular weight is 608 g/mol. The minimum atomic E-state index is -4.33.